The van der Waals surface area contributed by atoms with Gasteiger partial charge in [-0.25, -0.2) is 5.11 Å². The first-order valence-electron chi connectivity index (χ1n) is 2.65. The van der Waals surface area contributed by atoms with Gasteiger partial charge in [0.25, 0.3) is 0 Å². The van der Waals surface area contributed by atoms with E-state index in [1.54, 1.807) is 0 Å². The van der Waals surface area contributed by atoms with Gasteiger partial charge in [0.2, 0.25) is 0 Å². The first-order valence-corrected chi connectivity index (χ1v) is 3.81. The molecule has 0 aromatic carbocycles. The lowest BCUT2D eigenvalue weighted by molar-refractivity contribution is 0.173. The van der Waals surface area contributed by atoms with Gasteiger partial charge < -0.3 is 4.43 Å². The van der Waals surface area contributed by atoms with Crippen molar-refractivity contribution in [3.05, 3.63) is 0 Å². The van der Waals surface area contributed by atoms with Crippen LogP contribution in [0, 0.1) is 0 Å². The van der Waals surface area contributed by atoms with Gasteiger partial charge >= 0.3 is 10.0 Å². The molecule has 0 rings (SSSR count). The summed E-state index contributed by atoms with van der Waals surface area (Å²) >= 11 is 0. The van der Waals surface area contributed by atoms with Crippen molar-refractivity contribution in [2.75, 3.05) is 13.2 Å². The zero-order chi connectivity index (χ0) is 6.24. The van der Waals surface area contributed by atoms with E-state index in [1.165, 1.54) is 0 Å². The molecule has 0 aliphatic carbocycles. The molecule has 8 heavy (non-hydrogen) atoms. The van der Waals surface area contributed by atoms with Crippen molar-refractivity contribution in [1.82, 2.24) is 0 Å². The second kappa shape index (κ2) is 7.10. The van der Waals surface area contributed by atoms with Crippen molar-refractivity contribution < 1.29 is 14.3 Å². The molecule has 0 bridgehead atoms. The minimum Gasteiger partial charge on any atom is -0.397 e. The van der Waals surface area contributed by atoms with Crippen LogP contribution in [0.25, 0.3) is 0 Å². The topological polar surface area (TPSA) is 49.0 Å². The van der Waals surface area contributed by atoms with Crippen molar-refractivity contribution in [1.29, 1.82) is 0 Å². The molecule has 0 atom stereocenters. The summed E-state index contributed by atoms with van der Waals surface area (Å²) in [5, 5.41) is 9.77. The Morgan fingerprint density at radius 3 is 2.62 bits per heavy atom. The second-order valence-electron chi connectivity index (χ2n) is 1.44. The molecule has 0 N–H and O–H groups in total. The van der Waals surface area contributed by atoms with Crippen molar-refractivity contribution in [2.45, 2.75) is 12.8 Å². The Hall–Kier alpha value is 0.0969. The molecule has 0 aromatic rings. The molecular weight excluding hydrogens is 124 g/mol. The minimum atomic E-state index is -1.47. The normalized spacial score (nSPS) is 11.2. The minimum absolute atomic E-state index is 0.0518. The molecule has 2 radical (unpaired) electrons. The molecule has 0 aromatic heterocycles. The third kappa shape index (κ3) is 6.10. The fourth-order valence-corrected chi connectivity index (χ4v) is 0.687. The maximum absolute atomic E-state index is 9.77. The summed E-state index contributed by atoms with van der Waals surface area (Å²) in [6, 6.07) is 0. The lowest BCUT2D eigenvalue weighted by Crippen LogP contribution is -1.98. The number of hydrogen-bond acceptors (Lipinski definition) is 1. The fraction of sp³-hybridized carbons (Fsp3) is 1.00. The third-order valence-corrected chi connectivity index (χ3v) is 1.22. The molecule has 0 spiro atoms. The van der Waals surface area contributed by atoms with Gasteiger partial charge in [-0.05, 0) is 12.8 Å². The average molecular weight is 134 g/mol. The molecule has 0 saturated carbocycles. The fourth-order valence-electron chi connectivity index (χ4n) is 0.365. The molecule has 4 heteroatoms. The van der Waals surface area contributed by atoms with Gasteiger partial charge in [0.1, 0.15) is 0 Å². The third-order valence-electron chi connectivity index (χ3n) is 0.766. The highest BCUT2D eigenvalue weighted by Gasteiger charge is 1.85. The first-order chi connectivity index (χ1) is 3.91. The van der Waals surface area contributed by atoms with Crippen molar-refractivity contribution in [2.24, 2.45) is 0 Å². The van der Waals surface area contributed by atoms with Crippen LogP contribution < -0.4 is 0 Å². The Balaban J connectivity index is 2.53. The molecule has 3 nitrogen and oxygen atoms in total. The molecule has 48 valence electrons. The van der Waals surface area contributed by atoms with Crippen molar-refractivity contribution >= 4 is 10.0 Å². The van der Waals surface area contributed by atoms with Gasteiger partial charge in [-0.1, -0.05) is 0 Å². The van der Waals surface area contributed by atoms with Crippen LogP contribution >= 0.6 is 0 Å². The molecule has 0 heterocycles. The predicted octanol–water partition coefficient (Wildman–Crippen LogP) is -0.357. The van der Waals surface area contributed by atoms with Crippen LogP contribution in [0.3, 0.4) is 0 Å². The molecule has 0 fully saturated rings. The standard InChI is InChI=1S/C4H10O3Si/c5-3-1-2-4-7-8-6/h1-4,8H2. The highest BCUT2D eigenvalue weighted by atomic mass is 28.2. The summed E-state index contributed by atoms with van der Waals surface area (Å²) in [6.45, 7) is 0.446. The van der Waals surface area contributed by atoms with Crippen LogP contribution in [0.2, 0.25) is 0 Å². The number of unbranched alkanes of at least 4 members (excludes halogenated alkanes) is 1. The lowest BCUT2D eigenvalue weighted by atomic mass is 10.3. The highest BCUT2D eigenvalue weighted by molar-refractivity contribution is 6.15. The van der Waals surface area contributed by atoms with E-state index in [0.717, 1.165) is 6.42 Å². The van der Waals surface area contributed by atoms with Crippen LogP contribution in [-0.2, 0) is 14.3 Å². The summed E-state index contributed by atoms with van der Waals surface area (Å²) < 4.78 is 4.58. The Labute approximate surface area is 51.4 Å². The monoisotopic (exact) mass is 134 g/mol. The van der Waals surface area contributed by atoms with Crippen molar-refractivity contribution in [3.8, 4) is 0 Å². The van der Waals surface area contributed by atoms with Crippen LogP contribution in [0.15, 0.2) is 0 Å². The van der Waals surface area contributed by atoms with E-state index < -0.39 is 10.0 Å². The van der Waals surface area contributed by atoms with E-state index >= 15 is 0 Å². The Kier molecular flexibility index (Phi) is 7.18. The molecular formula is C4H10O3Si. The van der Waals surface area contributed by atoms with Gasteiger partial charge in [0.05, 0.1) is 6.61 Å². The van der Waals surface area contributed by atoms with Gasteiger partial charge in [0.15, 0.2) is 0 Å². The van der Waals surface area contributed by atoms with Crippen LogP contribution in [-0.4, -0.2) is 23.2 Å². The van der Waals surface area contributed by atoms with Gasteiger partial charge in [0, 0.05) is 6.61 Å². The van der Waals surface area contributed by atoms with Crippen molar-refractivity contribution in [3.63, 3.8) is 0 Å². The zero-order valence-electron chi connectivity index (χ0n) is 4.76. The molecule has 0 saturated heterocycles. The summed E-state index contributed by atoms with van der Waals surface area (Å²) in [7, 11) is -1.47. The predicted molar refractivity (Wildman–Crippen MR) is 30.0 cm³/mol. The largest absolute Gasteiger partial charge is 0.397 e. The lowest BCUT2D eigenvalue weighted by Gasteiger charge is -1.94. The molecule has 0 amide bonds. The van der Waals surface area contributed by atoms with Crippen LogP contribution in [0.4, 0.5) is 0 Å². The SMILES string of the molecule is [O]CCCCO[SiH2][O]. The summed E-state index contributed by atoms with van der Waals surface area (Å²) in [5.41, 5.74) is 0. The van der Waals surface area contributed by atoms with E-state index in [4.69, 9.17) is 0 Å². The zero-order valence-corrected chi connectivity index (χ0v) is 6.17. The molecule has 0 unspecified atom stereocenters. The van der Waals surface area contributed by atoms with Crippen LogP contribution in [0.5, 0.6) is 0 Å². The summed E-state index contributed by atoms with van der Waals surface area (Å²) in [5.74, 6) is 0. The summed E-state index contributed by atoms with van der Waals surface area (Å²) in [6.07, 6.45) is 1.38. The van der Waals surface area contributed by atoms with E-state index in [9.17, 15) is 9.90 Å². The first kappa shape index (κ1) is 8.10. The number of hydrogen-bond donors (Lipinski definition) is 0. The molecule has 0 aliphatic rings. The van der Waals surface area contributed by atoms with E-state index in [2.05, 4.69) is 4.43 Å². The van der Waals surface area contributed by atoms with Gasteiger partial charge in [-0.2, -0.15) is 0 Å². The average Bonchev–Trinajstić information content (AvgIpc) is 1.81. The van der Waals surface area contributed by atoms with E-state index in [0.29, 0.717) is 13.0 Å². The molecule has 0 aliphatic heterocycles. The Bertz CT molecular complexity index is 36.3. The summed E-state index contributed by atoms with van der Waals surface area (Å²) in [4.78, 5) is 9.73. The van der Waals surface area contributed by atoms with E-state index in [-0.39, 0.29) is 6.61 Å². The number of rotatable bonds is 5. The van der Waals surface area contributed by atoms with E-state index in [1.807, 2.05) is 0 Å². The maximum atomic E-state index is 9.77. The van der Waals surface area contributed by atoms with Gasteiger partial charge in [-0.15, -0.1) is 0 Å². The van der Waals surface area contributed by atoms with Gasteiger partial charge in [-0.3, -0.25) is 4.80 Å². The highest BCUT2D eigenvalue weighted by Crippen LogP contribution is 1.85. The van der Waals surface area contributed by atoms with Crippen LogP contribution in [0.1, 0.15) is 12.8 Å². The quantitative estimate of drug-likeness (QED) is 0.374. The smallest absolute Gasteiger partial charge is 0.343 e. The Morgan fingerprint density at radius 2 is 2.12 bits per heavy atom. The maximum Gasteiger partial charge on any atom is 0.343 e. The Morgan fingerprint density at radius 1 is 1.38 bits per heavy atom. The second-order valence-corrected chi connectivity index (χ2v) is 2.08.